The quantitative estimate of drug-likeness (QED) is 0.635. The molecule has 1 aliphatic rings. The van der Waals surface area contributed by atoms with Crippen molar-refractivity contribution in [2.45, 2.75) is 24.0 Å². The van der Waals surface area contributed by atoms with Gasteiger partial charge in [0.05, 0.1) is 6.54 Å². The first-order valence-electron chi connectivity index (χ1n) is 6.03. The van der Waals surface area contributed by atoms with E-state index in [9.17, 15) is 18.0 Å². The number of hydrogen-bond donors (Lipinski definition) is 3. The molecule has 0 bridgehead atoms. The first-order chi connectivity index (χ1) is 9.42. The number of sulfonamides is 1. The third-order valence-electron chi connectivity index (χ3n) is 2.69. The Morgan fingerprint density at radius 1 is 1.35 bits per heavy atom. The van der Waals surface area contributed by atoms with E-state index in [-0.39, 0.29) is 29.3 Å². The summed E-state index contributed by atoms with van der Waals surface area (Å²) in [6.45, 7) is -0.176. The van der Waals surface area contributed by atoms with Crippen molar-refractivity contribution in [2.75, 3.05) is 13.6 Å². The fourth-order valence-corrected chi connectivity index (χ4v) is 2.09. The molecule has 1 aromatic heterocycles. The molecule has 0 atom stereocenters. The van der Waals surface area contributed by atoms with Crippen LogP contribution in [0.5, 0.6) is 0 Å². The van der Waals surface area contributed by atoms with E-state index in [0.29, 0.717) is 0 Å². The van der Waals surface area contributed by atoms with Gasteiger partial charge in [-0.1, -0.05) is 0 Å². The van der Waals surface area contributed by atoms with Crippen LogP contribution >= 0.6 is 0 Å². The normalized spacial score (nSPS) is 14.8. The van der Waals surface area contributed by atoms with E-state index in [2.05, 4.69) is 15.4 Å². The Kier molecular flexibility index (Phi) is 4.09. The van der Waals surface area contributed by atoms with Gasteiger partial charge in [-0.15, -0.1) is 0 Å². The lowest BCUT2D eigenvalue weighted by atomic mass is 10.4. The van der Waals surface area contributed by atoms with E-state index >= 15 is 0 Å². The Labute approximate surface area is 116 Å². The largest absolute Gasteiger partial charge is 0.438 e. The monoisotopic (exact) mass is 301 g/mol. The highest BCUT2D eigenvalue weighted by molar-refractivity contribution is 7.89. The predicted molar refractivity (Wildman–Crippen MR) is 68.5 cm³/mol. The van der Waals surface area contributed by atoms with Crippen LogP contribution in [-0.2, 0) is 14.8 Å². The van der Waals surface area contributed by atoms with Crippen LogP contribution in [0, 0.1) is 0 Å². The molecule has 9 heteroatoms. The first-order valence-corrected chi connectivity index (χ1v) is 7.51. The average molecular weight is 301 g/mol. The first kappa shape index (κ1) is 14.5. The van der Waals surface area contributed by atoms with Gasteiger partial charge in [0.15, 0.2) is 5.76 Å². The number of hydrogen-bond acceptors (Lipinski definition) is 5. The average Bonchev–Trinajstić information content (AvgIpc) is 3.07. The molecule has 0 aromatic carbocycles. The van der Waals surface area contributed by atoms with Crippen molar-refractivity contribution in [1.29, 1.82) is 0 Å². The van der Waals surface area contributed by atoms with Gasteiger partial charge >= 0.3 is 0 Å². The van der Waals surface area contributed by atoms with Crippen LogP contribution in [0.2, 0.25) is 0 Å². The van der Waals surface area contributed by atoms with Crippen LogP contribution in [0.1, 0.15) is 23.4 Å². The van der Waals surface area contributed by atoms with Crippen LogP contribution in [0.25, 0.3) is 0 Å². The molecule has 1 aliphatic carbocycles. The molecule has 2 amide bonds. The summed E-state index contributed by atoms with van der Waals surface area (Å²) in [5, 5.41) is 4.71. The Bertz CT molecular complexity index is 618. The highest BCUT2D eigenvalue weighted by Crippen LogP contribution is 2.18. The smallest absolute Gasteiger partial charge is 0.287 e. The van der Waals surface area contributed by atoms with E-state index in [0.717, 1.165) is 12.8 Å². The molecular formula is C11H15N3O5S. The van der Waals surface area contributed by atoms with E-state index in [1.165, 1.54) is 19.2 Å². The standard InChI is InChI=1S/C11H15N3O5S/c1-12-20(17,18)10-5-4-8(19-10)11(16)13-6-9(15)14-7-2-3-7/h4-5,7,12H,2-3,6H2,1H3,(H,13,16)(H,14,15). The van der Waals surface area contributed by atoms with E-state index in [1.807, 2.05) is 0 Å². The molecule has 0 spiro atoms. The highest BCUT2D eigenvalue weighted by atomic mass is 32.2. The predicted octanol–water partition coefficient (Wildman–Crippen LogP) is -0.804. The summed E-state index contributed by atoms with van der Waals surface area (Å²) in [6.07, 6.45) is 1.92. The SMILES string of the molecule is CNS(=O)(=O)c1ccc(C(=O)NCC(=O)NC2CC2)o1. The Balaban J connectivity index is 1.90. The fourth-order valence-electron chi connectivity index (χ4n) is 1.44. The van der Waals surface area contributed by atoms with Crippen LogP contribution in [0.3, 0.4) is 0 Å². The molecule has 1 saturated carbocycles. The topological polar surface area (TPSA) is 118 Å². The van der Waals surface area contributed by atoms with Crippen molar-refractivity contribution in [3.8, 4) is 0 Å². The van der Waals surface area contributed by atoms with Gasteiger partial charge in [-0.25, -0.2) is 13.1 Å². The minimum Gasteiger partial charge on any atom is -0.438 e. The molecule has 0 aliphatic heterocycles. The third kappa shape index (κ3) is 3.58. The van der Waals surface area contributed by atoms with Gasteiger partial charge in [0, 0.05) is 6.04 Å². The lowest BCUT2D eigenvalue weighted by Gasteiger charge is -2.04. The van der Waals surface area contributed by atoms with Gasteiger partial charge in [-0.2, -0.15) is 0 Å². The van der Waals surface area contributed by atoms with Crippen LogP contribution in [0.15, 0.2) is 21.6 Å². The minimum atomic E-state index is -3.73. The summed E-state index contributed by atoms with van der Waals surface area (Å²) < 4.78 is 29.9. The summed E-state index contributed by atoms with van der Waals surface area (Å²) in [7, 11) is -2.49. The molecule has 1 heterocycles. The molecular weight excluding hydrogens is 286 g/mol. The third-order valence-corrected chi connectivity index (χ3v) is 3.98. The number of nitrogens with one attached hydrogen (secondary N) is 3. The summed E-state index contributed by atoms with van der Waals surface area (Å²) in [6, 6.07) is 2.62. The van der Waals surface area contributed by atoms with Crippen LogP contribution in [0.4, 0.5) is 0 Å². The molecule has 0 unspecified atom stereocenters. The lowest BCUT2D eigenvalue weighted by Crippen LogP contribution is -2.37. The number of rotatable bonds is 6. The molecule has 3 N–H and O–H groups in total. The van der Waals surface area contributed by atoms with Gasteiger partial charge in [-0.05, 0) is 32.0 Å². The van der Waals surface area contributed by atoms with Crippen molar-refractivity contribution in [2.24, 2.45) is 0 Å². The zero-order chi connectivity index (χ0) is 14.8. The summed E-state index contributed by atoms with van der Waals surface area (Å²) >= 11 is 0. The van der Waals surface area contributed by atoms with Crippen molar-refractivity contribution in [3.05, 3.63) is 17.9 Å². The molecule has 1 fully saturated rings. The maximum absolute atomic E-state index is 11.7. The van der Waals surface area contributed by atoms with Gasteiger partial charge in [0.25, 0.3) is 15.9 Å². The van der Waals surface area contributed by atoms with Crippen molar-refractivity contribution in [1.82, 2.24) is 15.4 Å². The number of carbonyl (C=O) groups excluding carboxylic acids is 2. The second-order valence-corrected chi connectivity index (χ2v) is 6.17. The second kappa shape index (κ2) is 5.63. The molecule has 110 valence electrons. The maximum Gasteiger partial charge on any atom is 0.287 e. The second-order valence-electron chi connectivity index (χ2n) is 4.35. The van der Waals surface area contributed by atoms with Crippen LogP contribution < -0.4 is 15.4 Å². The van der Waals surface area contributed by atoms with Gasteiger partial charge < -0.3 is 15.1 Å². The number of amides is 2. The van der Waals surface area contributed by atoms with E-state index in [1.54, 1.807) is 0 Å². The molecule has 2 rings (SSSR count). The van der Waals surface area contributed by atoms with Crippen molar-refractivity contribution in [3.63, 3.8) is 0 Å². The van der Waals surface area contributed by atoms with Gasteiger partial charge in [-0.3, -0.25) is 9.59 Å². The zero-order valence-corrected chi connectivity index (χ0v) is 11.6. The fraction of sp³-hybridized carbons (Fsp3) is 0.455. The van der Waals surface area contributed by atoms with Crippen molar-refractivity contribution >= 4 is 21.8 Å². The van der Waals surface area contributed by atoms with E-state index < -0.39 is 15.9 Å². The van der Waals surface area contributed by atoms with Gasteiger partial charge in [0.1, 0.15) is 0 Å². The lowest BCUT2D eigenvalue weighted by molar-refractivity contribution is -0.120. The Morgan fingerprint density at radius 3 is 2.65 bits per heavy atom. The minimum absolute atomic E-state index is 0.168. The molecule has 0 saturated heterocycles. The Hall–Kier alpha value is -1.87. The summed E-state index contributed by atoms with van der Waals surface area (Å²) in [4.78, 5) is 23.1. The maximum atomic E-state index is 11.7. The molecule has 1 aromatic rings. The van der Waals surface area contributed by atoms with Gasteiger partial charge in [0.2, 0.25) is 11.0 Å². The summed E-state index contributed by atoms with van der Waals surface area (Å²) in [5.74, 6) is -1.10. The summed E-state index contributed by atoms with van der Waals surface area (Å²) in [5.41, 5.74) is 0. The zero-order valence-electron chi connectivity index (χ0n) is 10.8. The number of furan rings is 1. The molecule has 0 radical (unpaired) electrons. The molecule has 8 nitrogen and oxygen atoms in total. The molecule has 20 heavy (non-hydrogen) atoms. The Morgan fingerprint density at radius 2 is 2.05 bits per heavy atom. The van der Waals surface area contributed by atoms with Crippen LogP contribution in [-0.4, -0.2) is 39.9 Å². The number of carbonyl (C=O) groups is 2. The highest BCUT2D eigenvalue weighted by Gasteiger charge is 2.24. The van der Waals surface area contributed by atoms with E-state index in [4.69, 9.17) is 4.42 Å². The van der Waals surface area contributed by atoms with Crippen molar-refractivity contribution < 1.29 is 22.4 Å².